The summed E-state index contributed by atoms with van der Waals surface area (Å²) < 4.78 is 3.50. The molecule has 0 atom stereocenters. The Hall–Kier alpha value is -0.237. The van der Waals surface area contributed by atoms with E-state index in [1.165, 1.54) is 12.8 Å². The minimum Gasteiger partial charge on any atom is -0.668 e. The second-order valence-corrected chi connectivity index (χ2v) is 8.59. The maximum absolute atomic E-state index is 3.50. The van der Waals surface area contributed by atoms with Gasteiger partial charge in [-0.2, -0.15) is 28.2 Å². The molecule has 0 saturated carbocycles. The van der Waals surface area contributed by atoms with Crippen molar-refractivity contribution in [2.24, 2.45) is 0 Å². The van der Waals surface area contributed by atoms with Crippen LogP contribution in [0.3, 0.4) is 0 Å². The second kappa shape index (κ2) is 11.3. The van der Waals surface area contributed by atoms with E-state index >= 15 is 0 Å². The molecule has 0 heterocycles. The molecule has 0 aromatic heterocycles. The van der Waals surface area contributed by atoms with Crippen molar-refractivity contribution in [3.05, 3.63) is 51.6 Å². The molecule has 0 bridgehead atoms. The van der Waals surface area contributed by atoms with Crippen molar-refractivity contribution in [3.63, 3.8) is 0 Å². The molecule has 0 fully saturated rings. The second-order valence-electron chi connectivity index (χ2n) is 5.51. The monoisotopic (exact) mass is 364 g/mol. The van der Waals surface area contributed by atoms with Crippen LogP contribution in [0.2, 0.25) is 0 Å². The van der Waals surface area contributed by atoms with E-state index in [0.717, 1.165) is 0 Å². The van der Waals surface area contributed by atoms with Gasteiger partial charge < -0.3 is 10.6 Å². The first-order valence-corrected chi connectivity index (χ1v) is 9.85. The largest absolute Gasteiger partial charge is 0.668 e. The zero-order valence-corrected chi connectivity index (χ0v) is 17.4. The first kappa shape index (κ1) is 20.8. The minimum absolute atomic E-state index is 0.507. The molecular weight excluding hydrogens is 335 g/mol. The summed E-state index contributed by atoms with van der Waals surface area (Å²) in [6.07, 6.45) is 7.21. The van der Waals surface area contributed by atoms with Crippen LogP contribution in [-0.2, 0) is 23.2 Å². The molecule has 0 aromatic rings. The maximum Gasteiger partial charge on any atom is -0.162 e. The number of hydrogen-bond donors (Lipinski definition) is 0. The third-order valence-corrected chi connectivity index (χ3v) is 8.59. The van der Waals surface area contributed by atoms with Crippen molar-refractivity contribution in [3.8, 4) is 0 Å². The van der Waals surface area contributed by atoms with Gasteiger partial charge in [0.1, 0.15) is 0 Å². The smallest absolute Gasteiger partial charge is 0.162 e. The van der Waals surface area contributed by atoms with Crippen LogP contribution >= 0.6 is 0 Å². The maximum atomic E-state index is 3.50. The third-order valence-electron chi connectivity index (χ3n) is 3.32. The Morgan fingerprint density at radius 3 is 1.19 bits per heavy atom. The van der Waals surface area contributed by atoms with Crippen LogP contribution in [0.15, 0.2) is 41.0 Å². The Kier molecular flexibility index (Phi) is 11.2. The van der Waals surface area contributed by atoms with Crippen LogP contribution < -0.4 is 0 Å². The molecule has 0 unspecified atom stereocenters. The number of rotatable bonds is 2. The van der Waals surface area contributed by atoms with Crippen molar-refractivity contribution in [1.29, 1.82) is 0 Å². The average Bonchev–Trinajstić information content (AvgIpc) is 2.90. The van der Waals surface area contributed by atoms with Crippen LogP contribution in [0.25, 0.3) is 10.6 Å². The Labute approximate surface area is 143 Å². The Bertz CT molecular complexity index is 412. The van der Waals surface area contributed by atoms with Gasteiger partial charge in [-0.25, -0.2) is 0 Å². The van der Waals surface area contributed by atoms with E-state index in [1.807, 2.05) is 0 Å². The van der Waals surface area contributed by atoms with Gasteiger partial charge in [0, 0.05) is 0 Å². The topological polar surface area (TPSA) is 28.2 Å². The molecule has 2 aliphatic rings. The summed E-state index contributed by atoms with van der Waals surface area (Å²) in [7, 11) is 7.00. The van der Waals surface area contributed by atoms with E-state index in [2.05, 4.69) is 50.5 Å². The zero-order valence-electron chi connectivity index (χ0n) is 15.0. The van der Waals surface area contributed by atoms with Crippen LogP contribution in [-0.4, -0.2) is 28.2 Å². The molecule has 0 N–H and O–H groups in total. The summed E-state index contributed by atoms with van der Waals surface area (Å²) in [5, 5.41) is 7.00. The molecule has 2 rings (SSSR count). The zero-order chi connectivity index (χ0) is 16.4. The summed E-state index contributed by atoms with van der Waals surface area (Å²) in [6.45, 7) is 9.20. The van der Waals surface area contributed by atoms with E-state index in [1.54, 1.807) is 57.0 Å². The first-order chi connectivity index (χ1) is 9.92. The van der Waals surface area contributed by atoms with Gasteiger partial charge in [0.15, 0.2) is 0 Å². The fourth-order valence-corrected chi connectivity index (χ4v) is 5.87. The van der Waals surface area contributed by atoms with E-state index < -0.39 is 23.2 Å². The van der Waals surface area contributed by atoms with Gasteiger partial charge in [-0.3, -0.25) is 0 Å². The van der Waals surface area contributed by atoms with Crippen molar-refractivity contribution < 1.29 is 23.2 Å². The number of allylic oxidation sites excluding steroid dienone is 8. The minimum atomic E-state index is -0.507. The van der Waals surface area contributed by atoms with Crippen LogP contribution in [0.1, 0.15) is 40.5 Å². The molecule has 0 spiro atoms. The fourth-order valence-electron chi connectivity index (χ4n) is 2.23. The molecular formula is C18H30N2Zr. The quantitative estimate of drug-likeness (QED) is 0.613. The molecule has 0 amide bonds. The van der Waals surface area contributed by atoms with Gasteiger partial charge in [-0.05, 0) is 0 Å². The first-order valence-electron chi connectivity index (χ1n) is 7.39. The Balaban J connectivity index is 0.000000578. The predicted octanol–water partition coefficient (Wildman–Crippen LogP) is 5.56. The average molecular weight is 366 g/mol. The summed E-state index contributed by atoms with van der Waals surface area (Å²) in [4.78, 5) is 0. The van der Waals surface area contributed by atoms with Gasteiger partial charge in [-0.15, -0.1) is 0 Å². The van der Waals surface area contributed by atoms with Crippen molar-refractivity contribution >= 4 is 0 Å². The van der Waals surface area contributed by atoms with Gasteiger partial charge in [0.2, 0.25) is 0 Å². The summed E-state index contributed by atoms with van der Waals surface area (Å²) in [5.41, 5.74) is 6.41. The molecule has 2 nitrogen and oxygen atoms in total. The van der Waals surface area contributed by atoms with Crippen molar-refractivity contribution in [2.45, 2.75) is 40.5 Å². The molecule has 3 heteroatoms. The standard InChI is InChI=1S/2C7H9.2C2H6N.Zr/c2*1-6-3-4-7(2)5-6;2*1-3-2;/h2*3H,4H2,1-2H3;2*1-2H3;/q;;2*-1;+2. The van der Waals surface area contributed by atoms with Gasteiger partial charge in [0.05, 0.1) is 0 Å². The molecule has 116 valence electrons. The van der Waals surface area contributed by atoms with E-state index in [9.17, 15) is 0 Å². The van der Waals surface area contributed by atoms with Crippen molar-refractivity contribution in [1.82, 2.24) is 0 Å². The van der Waals surface area contributed by atoms with Gasteiger partial charge >= 0.3 is 105 Å². The molecule has 0 saturated heterocycles. The molecule has 21 heavy (non-hydrogen) atoms. The molecule has 0 radical (unpaired) electrons. The van der Waals surface area contributed by atoms with Crippen molar-refractivity contribution in [2.75, 3.05) is 28.2 Å². The van der Waals surface area contributed by atoms with E-state index in [0.29, 0.717) is 0 Å². The molecule has 2 aliphatic carbocycles. The Morgan fingerprint density at radius 2 is 1.00 bits per heavy atom. The predicted molar refractivity (Wildman–Crippen MR) is 92.6 cm³/mol. The summed E-state index contributed by atoms with van der Waals surface area (Å²) >= 11 is -0.507. The van der Waals surface area contributed by atoms with Gasteiger partial charge in [-0.1, -0.05) is 0 Å². The number of nitrogens with zero attached hydrogens (tertiary/aromatic N) is 2. The Morgan fingerprint density at radius 1 is 0.714 bits per heavy atom. The van der Waals surface area contributed by atoms with Crippen LogP contribution in [0.5, 0.6) is 0 Å². The fraction of sp³-hybridized carbons (Fsp3) is 0.556. The van der Waals surface area contributed by atoms with E-state index in [-0.39, 0.29) is 0 Å². The summed E-state index contributed by atoms with van der Waals surface area (Å²) in [5.74, 6) is 0. The molecule has 0 aromatic carbocycles. The third kappa shape index (κ3) is 7.04. The van der Waals surface area contributed by atoms with Crippen LogP contribution in [0.4, 0.5) is 0 Å². The van der Waals surface area contributed by atoms with E-state index in [4.69, 9.17) is 0 Å². The normalized spacial score (nSPS) is 16.6. The van der Waals surface area contributed by atoms with Gasteiger partial charge in [0.25, 0.3) is 0 Å². The number of hydrogen-bond acceptors (Lipinski definition) is 0. The van der Waals surface area contributed by atoms with Crippen LogP contribution in [0, 0.1) is 0 Å². The SMILES string of the molecule is CC1=CCC(C)=[C]1[Zr+2][C]1=C(C)CC=C1C.C[N-]C.C[N-]C. The summed E-state index contributed by atoms with van der Waals surface area (Å²) in [6, 6.07) is 0. The molecule has 0 aliphatic heterocycles.